The number of allylic oxidation sites excluding steroid dienone is 1. The van der Waals surface area contributed by atoms with Gasteiger partial charge in [-0.3, -0.25) is 10.00 Å². The molecular formula is C21H27FN6O. The van der Waals surface area contributed by atoms with Crippen molar-refractivity contribution in [3.05, 3.63) is 29.4 Å². The van der Waals surface area contributed by atoms with Gasteiger partial charge in [0.1, 0.15) is 23.6 Å². The summed E-state index contributed by atoms with van der Waals surface area (Å²) in [6.07, 6.45) is 5.06. The minimum Gasteiger partial charge on any atom is -0.492 e. The van der Waals surface area contributed by atoms with Gasteiger partial charge in [0.15, 0.2) is 6.17 Å². The van der Waals surface area contributed by atoms with Gasteiger partial charge in [0.25, 0.3) is 0 Å². The molecule has 0 spiro atoms. The van der Waals surface area contributed by atoms with Crippen LogP contribution in [0.3, 0.4) is 0 Å². The Morgan fingerprint density at radius 2 is 1.97 bits per heavy atom. The summed E-state index contributed by atoms with van der Waals surface area (Å²) in [5, 5.41) is 7.42. The van der Waals surface area contributed by atoms with Crippen LogP contribution in [0.1, 0.15) is 37.9 Å². The second-order valence-corrected chi connectivity index (χ2v) is 8.37. The van der Waals surface area contributed by atoms with E-state index in [4.69, 9.17) is 4.74 Å². The standard InChI is InChI=1S/C21H27FN6O/c1-13(2)29-19-9-15-17(10-16(19)22)25-26-21(15)18-11-20(24-12-23-18)28-7-5-27(6-8-28)14-3-4-14/h9,11-14,16H,3-8,10H2,1-2H3,(H,25,26)/t16-/m0/s1. The number of hydrogen-bond acceptors (Lipinski definition) is 6. The lowest BCUT2D eigenvalue weighted by Gasteiger charge is -2.35. The Morgan fingerprint density at radius 1 is 1.17 bits per heavy atom. The maximum atomic E-state index is 14.4. The van der Waals surface area contributed by atoms with E-state index in [2.05, 4.69) is 30.0 Å². The summed E-state index contributed by atoms with van der Waals surface area (Å²) >= 11 is 0. The highest BCUT2D eigenvalue weighted by Gasteiger charge is 2.32. The highest BCUT2D eigenvalue weighted by atomic mass is 19.1. The lowest BCUT2D eigenvalue weighted by molar-refractivity contribution is 0.107. The average Bonchev–Trinajstić information content (AvgIpc) is 3.49. The third-order valence-electron chi connectivity index (χ3n) is 5.83. The molecule has 0 radical (unpaired) electrons. The summed E-state index contributed by atoms with van der Waals surface area (Å²) in [7, 11) is 0. The van der Waals surface area contributed by atoms with Gasteiger partial charge in [0.05, 0.1) is 11.8 Å². The quantitative estimate of drug-likeness (QED) is 0.835. The number of aromatic nitrogens is 4. The van der Waals surface area contributed by atoms with Gasteiger partial charge in [-0.25, -0.2) is 14.4 Å². The van der Waals surface area contributed by atoms with Crippen molar-refractivity contribution >= 4 is 11.9 Å². The first-order valence-corrected chi connectivity index (χ1v) is 10.5. The third-order valence-corrected chi connectivity index (χ3v) is 5.83. The maximum Gasteiger partial charge on any atom is 0.162 e. The van der Waals surface area contributed by atoms with Gasteiger partial charge in [-0.2, -0.15) is 5.10 Å². The Bertz CT molecular complexity index is 914. The van der Waals surface area contributed by atoms with Crippen LogP contribution in [0.5, 0.6) is 0 Å². The Labute approximate surface area is 170 Å². The average molecular weight is 398 g/mol. The molecule has 2 fully saturated rings. The van der Waals surface area contributed by atoms with Crippen LogP contribution in [0.25, 0.3) is 17.5 Å². The monoisotopic (exact) mass is 398 g/mol. The first-order valence-electron chi connectivity index (χ1n) is 10.5. The number of hydrogen-bond donors (Lipinski definition) is 1. The fourth-order valence-electron chi connectivity index (χ4n) is 4.19. The number of halogens is 1. The fraction of sp³-hybridized carbons (Fsp3) is 0.571. The summed E-state index contributed by atoms with van der Waals surface area (Å²) in [6, 6.07) is 2.80. The molecule has 2 aromatic heterocycles. The molecule has 5 rings (SSSR count). The molecule has 2 aliphatic carbocycles. The van der Waals surface area contributed by atoms with Crippen LogP contribution in [0.2, 0.25) is 0 Å². The molecular weight excluding hydrogens is 371 g/mol. The molecule has 7 nitrogen and oxygen atoms in total. The van der Waals surface area contributed by atoms with Crippen LogP contribution in [0.4, 0.5) is 10.2 Å². The fourth-order valence-corrected chi connectivity index (χ4v) is 4.19. The number of nitrogens with one attached hydrogen (secondary N) is 1. The van der Waals surface area contributed by atoms with Crippen molar-refractivity contribution in [1.29, 1.82) is 0 Å². The van der Waals surface area contributed by atoms with E-state index in [0.29, 0.717) is 5.76 Å². The SMILES string of the molecule is CC(C)OC1=Cc2c(-c3cc(N4CCN(C5CC5)CC4)ncn3)n[nH]c2C[C@@H]1F. The molecule has 1 saturated heterocycles. The molecule has 154 valence electrons. The Morgan fingerprint density at radius 3 is 2.69 bits per heavy atom. The molecule has 0 amide bonds. The zero-order valence-electron chi connectivity index (χ0n) is 16.9. The number of ether oxygens (including phenoxy) is 1. The van der Waals surface area contributed by atoms with Crippen molar-refractivity contribution in [1.82, 2.24) is 25.1 Å². The summed E-state index contributed by atoms with van der Waals surface area (Å²) in [5.41, 5.74) is 3.10. The lowest BCUT2D eigenvalue weighted by atomic mass is 9.98. The minimum absolute atomic E-state index is 0.0728. The molecule has 0 aromatic carbocycles. The lowest BCUT2D eigenvalue weighted by Crippen LogP contribution is -2.47. The summed E-state index contributed by atoms with van der Waals surface area (Å²) in [5.74, 6) is 1.28. The number of fused-ring (bicyclic) bond motifs is 1. The number of rotatable bonds is 5. The van der Waals surface area contributed by atoms with Gasteiger partial charge in [-0.1, -0.05) is 0 Å². The van der Waals surface area contributed by atoms with Crippen molar-refractivity contribution < 1.29 is 9.13 Å². The van der Waals surface area contributed by atoms with E-state index in [0.717, 1.165) is 60.7 Å². The van der Waals surface area contributed by atoms with Gasteiger partial charge >= 0.3 is 0 Å². The molecule has 1 atom stereocenters. The number of nitrogens with zero attached hydrogens (tertiary/aromatic N) is 5. The second-order valence-electron chi connectivity index (χ2n) is 8.37. The summed E-state index contributed by atoms with van der Waals surface area (Å²) in [4.78, 5) is 13.8. The predicted molar refractivity (Wildman–Crippen MR) is 109 cm³/mol. The molecule has 3 aliphatic rings. The van der Waals surface area contributed by atoms with Crippen LogP contribution in [0, 0.1) is 0 Å². The molecule has 1 N–H and O–H groups in total. The van der Waals surface area contributed by atoms with Crippen molar-refractivity contribution in [2.45, 2.75) is 51.4 Å². The number of anilines is 1. The Hall–Kier alpha value is -2.48. The van der Waals surface area contributed by atoms with Crippen molar-refractivity contribution in [3.8, 4) is 11.4 Å². The van der Waals surface area contributed by atoms with Gasteiger partial charge in [0.2, 0.25) is 0 Å². The zero-order valence-corrected chi connectivity index (χ0v) is 16.9. The van der Waals surface area contributed by atoms with Gasteiger partial charge in [-0.15, -0.1) is 0 Å². The molecule has 3 heterocycles. The summed E-state index contributed by atoms with van der Waals surface area (Å²) < 4.78 is 20.1. The molecule has 2 aromatic rings. The number of H-pyrrole nitrogens is 1. The van der Waals surface area contributed by atoms with Crippen molar-refractivity contribution in [2.24, 2.45) is 0 Å². The third kappa shape index (κ3) is 3.73. The molecule has 1 saturated carbocycles. The van der Waals surface area contributed by atoms with Crippen LogP contribution < -0.4 is 4.90 Å². The smallest absolute Gasteiger partial charge is 0.162 e. The van der Waals surface area contributed by atoms with E-state index in [-0.39, 0.29) is 12.5 Å². The first kappa shape index (κ1) is 18.5. The number of piperazine rings is 1. The minimum atomic E-state index is -1.15. The molecule has 8 heteroatoms. The normalized spacial score (nSPS) is 22.6. The number of aromatic amines is 1. The van der Waals surface area contributed by atoms with Crippen LogP contribution in [0.15, 0.2) is 18.2 Å². The van der Waals surface area contributed by atoms with Gasteiger partial charge < -0.3 is 9.64 Å². The van der Waals surface area contributed by atoms with Crippen LogP contribution in [-0.2, 0) is 11.2 Å². The molecule has 29 heavy (non-hydrogen) atoms. The van der Waals surface area contributed by atoms with Crippen molar-refractivity contribution in [3.63, 3.8) is 0 Å². The highest BCUT2D eigenvalue weighted by Crippen LogP contribution is 2.33. The molecule has 0 bridgehead atoms. The highest BCUT2D eigenvalue weighted by molar-refractivity contribution is 5.74. The first-order chi connectivity index (χ1) is 14.1. The van der Waals surface area contributed by atoms with E-state index < -0.39 is 6.17 Å². The van der Waals surface area contributed by atoms with E-state index in [1.54, 1.807) is 12.4 Å². The number of alkyl halides is 1. The molecule has 0 unspecified atom stereocenters. The van der Waals surface area contributed by atoms with E-state index in [1.807, 2.05) is 19.9 Å². The zero-order chi connectivity index (χ0) is 20.0. The van der Waals surface area contributed by atoms with Crippen molar-refractivity contribution in [2.75, 3.05) is 31.1 Å². The van der Waals surface area contributed by atoms with Crippen LogP contribution in [-0.4, -0.2) is 69.6 Å². The van der Waals surface area contributed by atoms with Gasteiger partial charge in [0, 0.05) is 56.0 Å². The van der Waals surface area contributed by atoms with Crippen LogP contribution >= 0.6 is 0 Å². The topological polar surface area (TPSA) is 70.2 Å². The molecule has 1 aliphatic heterocycles. The predicted octanol–water partition coefficient (Wildman–Crippen LogP) is 2.81. The van der Waals surface area contributed by atoms with Gasteiger partial charge in [-0.05, 0) is 32.8 Å². The maximum absolute atomic E-state index is 14.4. The second kappa shape index (κ2) is 7.40. The van der Waals surface area contributed by atoms with E-state index >= 15 is 0 Å². The Kier molecular flexibility index (Phi) is 4.73. The largest absolute Gasteiger partial charge is 0.492 e. The van der Waals surface area contributed by atoms with E-state index in [1.165, 1.54) is 12.8 Å². The van der Waals surface area contributed by atoms with E-state index in [9.17, 15) is 4.39 Å². The Balaban J connectivity index is 1.39. The summed E-state index contributed by atoms with van der Waals surface area (Å²) in [6.45, 7) is 7.91.